The maximum atomic E-state index is 11.5. The molecule has 2 rings (SSSR count). The Morgan fingerprint density at radius 2 is 2.21 bits per heavy atom. The number of nitrogens with one attached hydrogen (secondary N) is 2. The summed E-state index contributed by atoms with van der Waals surface area (Å²) in [4.78, 5) is 11.5. The first-order chi connectivity index (χ1) is 9.28. The Hall–Kier alpha value is -3.01. The van der Waals surface area contributed by atoms with E-state index in [4.69, 9.17) is 5.26 Å². The van der Waals surface area contributed by atoms with Crippen LogP contribution in [0.5, 0.6) is 0 Å². The van der Waals surface area contributed by atoms with Gasteiger partial charge in [-0.1, -0.05) is 17.3 Å². The summed E-state index contributed by atoms with van der Waals surface area (Å²) in [5.74, 6) is 0.161. The van der Waals surface area contributed by atoms with Crippen LogP contribution < -0.4 is 5.32 Å². The molecule has 0 aliphatic carbocycles. The van der Waals surface area contributed by atoms with E-state index >= 15 is 0 Å². The van der Waals surface area contributed by atoms with Gasteiger partial charge in [0.25, 0.3) is 0 Å². The molecule has 2 aromatic rings. The van der Waals surface area contributed by atoms with Crippen molar-refractivity contribution in [3.05, 3.63) is 47.3 Å². The standard InChI is InChI=1S/C12H10N6O/c13-7-10-3-1-9(2-4-10)5-6-12(19)14-8-11-15-17-18-16-11/h1-6H,8H2,(H,14,19)(H,15,16,17,18). The number of amides is 1. The molecular weight excluding hydrogens is 244 g/mol. The van der Waals surface area contributed by atoms with Crippen molar-refractivity contribution in [2.75, 3.05) is 0 Å². The summed E-state index contributed by atoms with van der Waals surface area (Å²) < 4.78 is 0. The molecule has 7 nitrogen and oxygen atoms in total. The maximum Gasteiger partial charge on any atom is 0.244 e. The summed E-state index contributed by atoms with van der Waals surface area (Å²) in [5, 5.41) is 24.4. The van der Waals surface area contributed by atoms with Crippen molar-refractivity contribution in [2.24, 2.45) is 0 Å². The molecular formula is C12H10N6O. The number of carbonyl (C=O) groups is 1. The molecule has 0 saturated carbocycles. The third-order valence-electron chi connectivity index (χ3n) is 2.28. The van der Waals surface area contributed by atoms with E-state index in [2.05, 4.69) is 25.9 Å². The summed E-state index contributed by atoms with van der Waals surface area (Å²) in [6, 6.07) is 8.94. The van der Waals surface area contributed by atoms with Gasteiger partial charge in [-0.15, -0.1) is 10.2 Å². The van der Waals surface area contributed by atoms with Crippen LogP contribution in [0.4, 0.5) is 0 Å². The fraction of sp³-hybridized carbons (Fsp3) is 0.0833. The van der Waals surface area contributed by atoms with Crippen LogP contribution in [0, 0.1) is 11.3 Å². The third-order valence-corrected chi connectivity index (χ3v) is 2.28. The molecule has 0 fully saturated rings. The van der Waals surface area contributed by atoms with E-state index in [9.17, 15) is 4.79 Å². The maximum absolute atomic E-state index is 11.5. The first-order valence-corrected chi connectivity index (χ1v) is 5.46. The molecule has 0 saturated heterocycles. The molecule has 0 aliphatic heterocycles. The highest BCUT2D eigenvalue weighted by Gasteiger charge is 2.00. The van der Waals surface area contributed by atoms with Crippen LogP contribution in [0.1, 0.15) is 17.0 Å². The van der Waals surface area contributed by atoms with Gasteiger partial charge < -0.3 is 5.32 Å². The number of benzene rings is 1. The van der Waals surface area contributed by atoms with E-state index in [1.165, 1.54) is 6.08 Å². The van der Waals surface area contributed by atoms with Gasteiger partial charge in [0.1, 0.15) is 0 Å². The number of H-pyrrole nitrogens is 1. The van der Waals surface area contributed by atoms with Crippen LogP contribution in [0.2, 0.25) is 0 Å². The lowest BCUT2D eigenvalue weighted by atomic mass is 10.1. The molecule has 0 radical (unpaired) electrons. The molecule has 94 valence electrons. The van der Waals surface area contributed by atoms with Crippen LogP contribution in [0.3, 0.4) is 0 Å². The average Bonchev–Trinajstić information content (AvgIpc) is 2.96. The molecule has 1 aromatic carbocycles. The van der Waals surface area contributed by atoms with Crippen LogP contribution >= 0.6 is 0 Å². The molecule has 0 unspecified atom stereocenters. The highest BCUT2D eigenvalue weighted by atomic mass is 16.1. The second kappa shape index (κ2) is 6.07. The first kappa shape index (κ1) is 12.4. The molecule has 0 atom stereocenters. The number of hydrogen-bond donors (Lipinski definition) is 2. The van der Waals surface area contributed by atoms with E-state index in [0.29, 0.717) is 11.4 Å². The minimum atomic E-state index is -0.255. The predicted octanol–water partition coefficient (Wildman–Crippen LogP) is 0.401. The lowest BCUT2D eigenvalue weighted by molar-refractivity contribution is -0.116. The normalized spacial score (nSPS) is 10.3. The summed E-state index contributed by atoms with van der Waals surface area (Å²) in [7, 11) is 0. The van der Waals surface area contributed by atoms with Crippen molar-refractivity contribution in [3.63, 3.8) is 0 Å². The Kier molecular flexibility index (Phi) is 3.97. The number of carbonyl (C=O) groups excluding carboxylic acids is 1. The first-order valence-electron chi connectivity index (χ1n) is 5.46. The van der Waals surface area contributed by atoms with E-state index in [1.807, 2.05) is 6.07 Å². The van der Waals surface area contributed by atoms with Gasteiger partial charge in [-0.3, -0.25) is 4.79 Å². The van der Waals surface area contributed by atoms with Crippen molar-refractivity contribution in [1.29, 1.82) is 5.26 Å². The van der Waals surface area contributed by atoms with Gasteiger partial charge in [0.2, 0.25) is 5.91 Å². The minimum Gasteiger partial charge on any atom is -0.345 e. The molecule has 2 N–H and O–H groups in total. The monoisotopic (exact) mass is 254 g/mol. The van der Waals surface area contributed by atoms with E-state index in [1.54, 1.807) is 30.3 Å². The zero-order chi connectivity index (χ0) is 13.5. The van der Waals surface area contributed by atoms with Gasteiger partial charge in [-0.25, -0.2) is 0 Å². The number of nitriles is 1. The van der Waals surface area contributed by atoms with E-state index < -0.39 is 0 Å². The fourth-order valence-corrected chi connectivity index (χ4v) is 1.32. The zero-order valence-corrected chi connectivity index (χ0v) is 9.87. The summed E-state index contributed by atoms with van der Waals surface area (Å²) >= 11 is 0. The molecule has 1 amide bonds. The Bertz CT molecular complexity index is 609. The molecule has 19 heavy (non-hydrogen) atoms. The zero-order valence-electron chi connectivity index (χ0n) is 9.87. The highest BCUT2D eigenvalue weighted by Crippen LogP contribution is 2.04. The fourth-order valence-electron chi connectivity index (χ4n) is 1.32. The third kappa shape index (κ3) is 3.74. The Labute approximate surface area is 109 Å². The van der Waals surface area contributed by atoms with Crippen molar-refractivity contribution in [3.8, 4) is 6.07 Å². The Morgan fingerprint density at radius 1 is 1.42 bits per heavy atom. The lowest BCUT2D eigenvalue weighted by Gasteiger charge is -1.97. The van der Waals surface area contributed by atoms with Gasteiger partial charge in [0.15, 0.2) is 5.82 Å². The number of aromatic nitrogens is 4. The topological polar surface area (TPSA) is 107 Å². The largest absolute Gasteiger partial charge is 0.345 e. The predicted molar refractivity (Wildman–Crippen MR) is 66.2 cm³/mol. The van der Waals surface area contributed by atoms with Crippen molar-refractivity contribution >= 4 is 12.0 Å². The molecule has 0 spiro atoms. The second-order valence-electron chi connectivity index (χ2n) is 3.61. The Balaban J connectivity index is 1.87. The van der Waals surface area contributed by atoms with Crippen molar-refractivity contribution in [2.45, 2.75) is 6.54 Å². The summed E-state index contributed by atoms with van der Waals surface area (Å²) in [6.07, 6.45) is 3.06. The molecule has 7 heteroatoms. The van der Waals surface area contributed by atoms with E-state index in [0.717, 1.165) is 5.56 Å². The van der Waals surface area contributed by atoms with Crippen LogP contribution in [0.15, 0.2) is 30.3 Å². The van der Waals surface area contributed by atoms with Crippen LogP contribution in [0.25, 0.3) is 6.08 Å². The smallest absolute Gasteiger partial charge is 0.244 e. The number of rotatable bonds is 4. The highest BCUT2D eigenvalue weighted by molar-refractivity contribution is 5.91. The van der Waals surface area contributed by atoms with Crippen LogP contribution in [-0.4, -0.2) is 26.5 Å². The quantitative estimate of drug-likeness (QED) is 0.768. The number of aromatic amines is 1. The Morgan fingerprint density at radius 3 is 2.84 bits per heavy atom. The number of tetrazole rings is 1. The molecule has 1 aromatic heterocycles. The molecule has 0 aliphatic rings. The second-order valence-corrected chi connectivity index (χ2v) is 3.61. The lowest BCUT2D eigenvalue weighted by Crippen LogP contribution is -2.20. The van der Waals surface area contributed by atoms with Crippen molar-refractivity contribution in [1.82, 2.24) is 25.9 Å². The van der Waals surface area contributed by atoms with Gasteiger partial charge in [0.05, 0.1) is 18.2 Å². The van der Waals surface area contributed by atoms with E-state index in [-0.39, 0.29) is 12.5 Å². The van der Waals surface area contributed by atoms with Crippen LogP contribution in [-0.2, 0) is 11.3 Å². The minimum absolute atomic E-state index is 0.215. The van der Waals surface area contributed by atoms with Gasteiger partial charge in [0, 0.05) is 6.08 Å². The SMILES string of the molecule is N#Cc1ccc(C=CC(=O)NCc2nn[nH]n2)cc1. The number of nitrogens with zero attached hydrogens (tertiary/aromatic N) is 4. The summed E-state index contributed by atoms with van der Waals surface area (Å²) in [6.45, 7) is 0.215. The average molecular weight is 254 g/mol. The molecule has 1 heterocycles. The van der Waals surface area contributed by atoms with Gasteiger partial charge >= 0.3 is 0 Å². The molecule has 0 bridgehead atoms. The van der Waals surface area contributed by atoms with Gasteiger partial charge in [-0.05, 0) is 23.8 Å². The van der Waals surface area contributed by atoms with Crippen molar-refractivity contribution < 1.29 is 4.79 Å². The number of hydrogen-bond acceptors (Lipinski definition) is 5. The summed E-state index contributed by atoms with van der Waals surface area (Å²) in [5.41, 5.74) is 1.42. The van der Waals surface area contributed by atoms with Gasteiger partial charge in [-0.2, -0.15) is 10.5 Å².